The lowest BCUT2D eigenvalue weighted by atomic mass is 10.2. The SMILES string of the molecule is C[C@@H](Sc1ncnc2sc3c(c12)CCC3)C(=O)N(C)c1ccccc1. The smallest absolute Gasteiger partial charge is 0.239 e. The first-order chi connectivity index (χ1) is 12.1. The summed E-state index contributed by atoms with van der Waals surface area (Å²) in [5, 5.41) is 1.90. The molecule has 6 heteroatoms. The van der Waals surface area contributed by atoms with E-state index in [4.69, 9.17) is 0 Å². The summed E-state index contributed by atoms with van der Waals surface area (Å²) in [6.07, 6.45) is 5.07. The van der Waals surface area contributed by atoms with Crippen LogP contribution in [0.1, 0.15) is 23.8 Å². The number of carbonyl (C=O) groups is 1. The van der Waals surface area contributed by atoms with E-state index in [1.807, 2.05) is 44.3 Å². The van der Waals surface area contributed by atoms with Gasteiger partial charge in [-0.25, -0.2) is 9.97 Å². The zero-order valence-corrected chi connectivity index (χ0v) is 15.9. The average Bonchev–Trinajstić information content (AvgIpc) is 3.22. The van der Waals surface area contributed by atoms with Crippen molar-refractivity contribution in [1.29, 1.82) is 0 Å². The van der Waals surface area contributed by atoms with Crippen molar-refractivity contribution in [2.24, 2.45) is 0 Å². The summed E-state index contributed by atoms with van der Waals surface area (Å²) in [6.45, 7) is 1.95. The summed E-state index contributed by atoms with van der Waals surface area (Å²) >= 11 is 3.32. The zero-order valence-electron chi connectivity index (χ0n) is 14.2. The maximum absolute atomic E-state index is 12.8. The normalized spacial score (nSPS) is 14.5. The number of anilines is 1. The fraction of sp³-hybridized carbons (Fsp3) is 0.316. The number of aromatic nitrogens is 2. The Hall–Kier alpha value is -1.92. The Morgan fingerprint density at radius 1 is 1.24 bits per heavy atom. The molecule has 0 radical (unpaired) electrons. The molecule has 2 heterocycles. The molecule has 4 rings (SSSR count). The maximum Gasteiger partial charge on any atom is 0.239 e. The van der Waals surface area contributed by atoms with Crippen LogP contribution in [0.15, 0.2) is 41.7 Å². The highest BCUT2D eigenvalue weighted by Gasteiger charge is 2.25. The monoisotopic (exact) mass is 369 g/mol. The van der Waals surface area contributed by atoms with Gasteiger partial charge in [0.05, 0.1) is 5.25 Å². The van der Waals surface area contributed by atoms with Crippen LogP contribution in [0, 0.1) is 0 Å². The first-order valence-electron chi connectivity index (χ1n) is 8.39. The summed E-state index contributed by atoms with van der Waals surface area (Å²) < 4.78 is 0. The van der Waals surface area contributed by atoms with Gasteiger partial charge in [-0.15, -0.1) is 11.3 Å². The number of amides is 1. The number of para-hydroxylation sites is 1. The second kappa shape index (κ2) is 6.77. The number of hydrogen-bond acceptors (Lipinski definition) is 5. The Morgan fingerprint density at radius 3 is 2.84 bits per heavy atom. The van der Waals surface area contributed by atoms with Crippen LogP contribution in [-0.4, -0.2) is 28.2 Å². The number of nitrogens with zero attached hydrogens (tertiary/aromatic N) is 3. The van der Waals surface area contributed by atoms with Gasteiger partial charge in [-0.1, -0.05) is 30.0 Å². The minimum Gasteiger partial charge on any atom is -0.315 e. The molecule has 1 aliphatic rings. The van der Waals surface area contributed by atoms with E-state index in [0.29, 0.717) is 0 Å². The maximum atomic E-state index is 12.8. The molecule has 0 saturated heterocycles. The van der Waals surface area contributed by atoms with Crippen molar-refractivity contribution in [3.05, 3.63) is 47.1 Å². The third-order valence-corrected chi connectivity index (χ3v) is 6.86. The lowest BCUT2D eigenvalue weighted by molar-refractivity contribution is -0.117. The Kier molecular flexibility index (Phi) is 4.48. The molecule has 0 fully saturated rings. The molecule has 1 aromatic carbocycles. The molecule has 0 saturated carbocycles. The fourth-order valence-electron chi connectivity index (χ4n) is 3.26. The number of thiophene rings is 1. The topological polar surface area (TPSA) is 46.1 Å². The van der Waals surface area contributed by atoms with Crippen LogP contribution in [0.4, 0.5) is 5.69 Å². The highest BCUT2D eigenvalue weighted by Crippen LogP contribution is 2.41. The Bertz CT molecular complexity index is 923. The van der Waals surface area contributed by atoms with Crippen molar-refractivity contribution < 1.29 is 4.79 Å². The first kappa shape index (κ1) is 16.5. The molecule has 2 aromatic heterocycles. The molecule has 0 bridgehead atoms. The zero-order chi connectivity index (χ0) is 17.4. The van der Waals surface area contributed by atoms with Crippen LogP contribution >= 0.6 is 23.1 Å². The second-order valence-electron chi connectivity index (χ2n) is 6.21. The second-order valence-corrected chi connectivity index (χ2v) is 8.62. The van der Waals surface area contributed by atoms with Gasteiger partial charge >= 0.3 is 0 Å². The lowest BCUT2D eigenvalue weighted by Crippen LogP contribution is -2.33. The van der Waals surface area contributed by atoms with E-state index in [-0.39, 0.29) is 11.2 Å². The summed E-state index contributed by atoms with van der Waals surface area (Å²) in [5.74, 6) is 0.0786. The van der Waals surface area contributed by atoms with E-state index in [1.165, 1.54) is 34.0 Å². The number of rotatable bonds is 4. The van der Waals surface area contributed by atoms with Gasteiger partial charge in [0.2, 0.25) is 5.91 Å². The quantitative estimate of drug-likeness (QED) is 0.507. The molecule has 0 unspecified atom stereocenters. The molecule has 3 aromatic rings. The fourth-order valence-corrected chi connectivity index (χ4v) is 5.59. The van der Waals surface area contributed by atoms with E-state index >= 15 is 0 Å². The van der Waals surface area contributed by atoms with Gasteiger partial charge in [-0.2, -0.15) is 0 Å². The van der Waals surface area contributed by atoms with Gasteiger partial charge in [0.1, 0.15) is 16.2 Å². The van der Waals surface area contributed by atoms with Crippen molar-refractivity contribution in [3.8, 4) is 0 Å². The predicted octanol–water partition coefficient (Wildman–Crippen LogP) is 4.32. The Balaban J connectivity index is 1.60. The lowest BCUT2D eigenvalue weighted by Gasteiger charge is -2.21. The van der Waals surface area contributed by atoms with Gasteiger partial charge in [0, 0.05) is 23.0 Å². The van der Waals surface area contributed by atoms with E-state index < -0.39 is 0 Å². The molecule has 1 atom stereocenters. The molecule has 0 spiro atoms. The molecule has 1 aliphatic carbocycles. The summed E-state index contributed by atoms with van der Waals surface area (Å²) in [6, 6.07) is 9.74. The standard InChI is InChI=1S/C19H19N3OS2/c1-12(19(23)22(2)13-7-4-3-5-8-13)24-17-16-14-9-6-10-15(14)25-18(16)21-11-20-17/h3-5,7-8,11-12H,6,9-10H2,1-2H3/t12-/m1/s1. The molecule has 25 heavy (non-hydrogen) atoms. The van der Waals surface area contributed by atoms with E-state index in [1.54, 1.807) is 22.6 Å². The summed E-state index contributed by atoms with van der Waals surface area (Å²) in [4.78, 5) is 26.0. The predicted molar refractivity (Wildman–Crippen MR) is 105 cm³/mol. The number of carbonyl (C=O) groups excluding carboxylic acids is 1. The van der Waals surface area contributed by atoms with E-state index in [9.17, 15) is 4.79 Å². The summed E-state index contributed by atoms with van der Waals surface area (Å²) in [7, 11) is 1.83. The average molecular weight is 370 g/mol. The van der Waals surface area contributed by atoms with Crippen molar-refractivity contribution in [2.45, 2.75) is 36.5 Å². The first-order valence-corrected chi connectivity index (χ1v) is 10.1. The molecule has 128 valence electrons. The third kappa shape index (κ3) is 3.04. The number of aryl methyl sites for hydroxylation is 2. The highest BCUT2D eigenvalue weighted by molar-refractivity contribution is 8.00. The Morgan fingerprint density at radius 2 is 2.04 bits per heavy atom. The highest BCUT2D eigenvalue weighted by atomic mass is 32.2. The minimum absolute atomic E-state index is 0.0786. The molecular formula is C19H19N3OS2. The van der Waals surface area contributed by atoms with Crippen LogP contribution in [-0.2, 0) is 17.6 Å². The van der Waals surface area contributed by atoms with Gasteiger partial charge in [0.25, 0.3) is 0 Å². The van der Waals surface area contributed by atoms with Gasteiger partial charge in [0.15, 0.2) is 0 Å². The van der Waals surface area contributed by atoms with Gasteiger partial charge < -0.3 is 4.90 Å². The van der Waals surface area contributed by atoms with Gasteiger partial charge in [-0.3, -0.25) is 4.79 Å². The molecular weight excluding hydrogens is 350 g/mol. The van der Waals surface area contributed by atoms with E-state index in [2.05, 4.69) is 9.97 Å². The molecule has 4 nitrogen and oxygen atoms in total. The van der Waals surface area contributed by atoms with Crippen molar-refractivity contribution >= 4 is 44.9 Å². The van der Waals surface area contributed by atoms with Gasteiger partial charge in [-0.05, 0) is 43.9 Å². The van der Waals surface area contributed by atoms with E-state index in [0.717, 1.165) is 28.4 Å². The number of fused-ring (bicyclic) bond motifs is 3. The van der Waals surface area contributed by atoms with Crippen LogP contribution in [0.3, 0.4) is 0 Å². The van der Waals surface area contributed by atoms with Crippen LogP contribution < -0.4 is 4.90 Å². The third-order valence-electron chi connectivity index (χ3n) is 4.58. The number of benzene rings is 1. The van der Waals surface area contributed by atoms with Crippen LogP contribution in [0.25, 0.3) is 10.2 Å². The Labute approximate surface area is 155 Å². The van der Waals surface area contributed by atoms with Crippen LogP contribution in [0.2, 0.25) is 0 Å². The van der Waals surface area contributed by atoms with Crippen molar-refractivity contribution in [1.82, 2.24) is 9.97 Å². The molecule has 1 amide bonds. The van der Waals surface area contributed by atoms with Crippen molar-refractivity contribution in [3.63, 3.8) is 0 Å². The minimum atomic E-state index is -0.208. The molecule has 0 aliphatic heterocycles. The number of hydrogen-bond donors (Lipinski definition) is 0. The summed E-state index contributed by atoms with van der Waals surface area (Å²) in [5.41, 5.74) is 2.31. The molecule has 0 N–H and O–H groups in total. The largest absolute Gasteiger partial charge is 0.315 e. The number of thioether (sulfide) groups is 1. The van der Waals surface area contributed by atoms with Crippen molar-refractivity contribution in [2.75, 3.05) is 11.9 Å². The van der Waals surface area contributed by atoms with Crippen LogP contribution in [0.5, 0.6) is 0 Å².